The lowest BCUT2D eigenvalue weighted by Gasteiger charge is -2.35. The molecule has 0 radical (unpaired) electrons. The molecule has 1 amide bonds. The Hall–Kier alpha value is -4.70. The molecule has 1 saturated heterocycles. The Balaban J connectivity index is 1.50. The van der Waals surface area contributed by atoms with Crippen molar-refractivity contribution < 1.29 is 37.3 Å². The van der Waals surface area contributed by atoms with E-state index < -0.39 is 29.0 Å². The normalized spacial score (nSPS) is 15.0. The molecule has 10 heteroatoms. The first-order chi connectivity index (χ1) is 22.0. The Kier molecular flexibility index (Phi) is 10.1. The third kappa shape index (κ3) is 7.74. The molecule has 46 heavy (non-hydrogen) atoms. The predicted molar refractivity (Wildman–Crippen MR) is 169 cm³/mol. The van der Waals surface area contributed by atoms with Crippen LogP contribution in [0.25, 0.3) is 11.1 Å². The lowest BCUT2D eigenvalue weighted by atomic mass is 10.0. The number of esters is 1. The molecule has 0 bridgehead atoms. The molecule has 1 unspecified atom stereocenters. The van der Waals surface area contributed by atoms with Crippen molar-refractivity contribution in [2.45, 2.75) is 58.5 Å². The van der Waals surface area contributed by atoms with E-state index in [0.717, 1.165) is 30.5 Å². The molecule has 2 heterocycles. The van der Waals surface area contributed by atoms with Gasteiger partial charge in [0.05, 0.1) is 37.6 Å². The molecule has 0 saturated carbocycles. The predicted octanol–water partition coefficient (Wildman–Crippen LogP) is 8.30. The Bertz CT molecular complexity index is 1640. The van der Waals surface area contributed by atoms with E-state index in [2.05, 4.69) is 0 Å². The molecule has 3 aromatic carbocycles. The van der Waals surface area contributed by atoms with Crippen LogP contribution in [0.3, 0.4) is 0 Å². The van der Waals surface area contributed by atoms with Crippen LogP contribution >= 0.6 is 0 Å². The number of hydrogen-bond donors (Lipinski definition) is 0. The van der Waals surface area contributed by atoms with Crippen LogP contribution in [-0.4, -0.2) is 47.3 Å². The van der Waals surface area contributed by atoms with Crippen LogP contribution in [0.15, 0.2) is 79.0 Å². The van der Waals surface area contributed by atoms with Crippen LogP contribution in [0.4, 0.5) is 13.6 Å². The van der Waals surface area contributed by atoms with E-state index in [4.69, 9.17) is 18.9 Å². The number of nitrogens with zero attached hydrogens (tertiary/aromatic N) is 2. The first-order valence-electron chi connectivity index (χ1n) is 15.2. The van der Waals surface area contributed by atoms with Gasteiger partial charge >= 0.3 is 12.1 Å². The third-order valence-electron chi connectivity index (χ3n) is 7.62. The second kappa shape index (κ2) is 14.2. The number of benzene rings is 3. The van der Waals surface area contributed by atoms with E-state index in [9.17, 15) is 18.4 Å². The molecule has 0 N–H and O–H groups in total. The largest absolute Gasteiger partial charge is 0.465 e. The number of amides is 1. The average Bonchev–Trinajstić information content (AvgIpc) is 3.42. The fourth-order valence-electron chi connectivity index (χ4n) is 5.50. The maximum absolute atomic E-state index is 14.2. The molecule has 8 nitrogen and oxygen atoms in total. The van der Waals surface area contributed by atoms with Crippen molar-refractivity contribution >= 4 is 12.1 Å². The highest BCUT2D eigenvalue weighted by Crippen LogP contribution is 2.36. The van der Waals surface area contributed by atoms with Gasteiger partial charge in [0.2, 0.25) is 0 Å². The molecule has 5 rings (SSSR count). The number of likely N-dealkylation sites (tertiary alicyclic amines) is 1. The van der Waals surface area contributed by atoms with Gasteiger partial charge in [0.1, 0.15) is 11.4 Å². The van der Waals surface area contributed by atoms with Crippen molar-refractivity contribution in [3.05, 3.63) is 107 Å². The number of halogens is 2. The van der Waals surface area contributed by atoms with Gasteiger partial charge < -0.3 is 28.4 Å². The Morgan fingerprint density at radius 2 is 1.61 bits per heavy atom. The zero-order valence-corrected chi connectivity index (χ0v) is 26.4. The first kappa shape index (κ1) is 32.7. The van der Waals surface area contributed by atoms with Crippen LogP contribution in [0.5, 0.6) is 11.5 Å². The first-order valence-corrected chi connectivity index (χ1v) is 15.2. The fourth-order valence-corrected chi connectivity index (χ4v) is 5.50. The van der Waals surface area contributed by atoms with Crippen molar-refractivity contribution in [3.8, 4) is 22.6 Å². The molecule has 1 aromatic heterocycles. The summed E-state index contributed by atoms with van der Waals surface area (Å²) in [6.07, 6.45) is 3.00. The molecule has 1 fully saturated rings. The van der Waals surface area contributed by atoms with Gasteiger partial charge in [0, 0.05) is 24.8 Å². The van der Waals surface area contributed by atoms with Gasteiger partial charge in [-0.2, -0.15) is 0 Å². The van der Waals surface area contributed by atoms with Crippen LogP contribution < -0.4 is 4.74 Å². The summed E-state index contributed by atoms with van der Waals surface area (Å²) in [6.45, 7) is 6.88. The molecule has 0 spiro atoms. The number of para-hydroxylation sites is 1. The Labute approximate surface area is 267 Å². The lowest BCUT2D eigenvalue weighted by Crippen LogP contribution is -2.43. The summed E-state index contributed by atoms with van der Waals surface area (Å²) in [5, 5.41) is 0. The molecule has 1 aliphatic heterocycles. The minimum absolute atomic E-state index is 0.107. The third-order valence-corrected chi connectivity index (χ3v) is 7.62. The highest BCUT2D eigenvalue weighted by molar-refractivity contribution is 5.99. The molecule has 4 aromatic rings. The second-order valence-corrected chi connectivity index (χ2v) is 12.1. The van der Waals surface area contributed by atoms with E-state index in [1.54, 1.807) is 29.2 Å². The van der Waals surface area contributed by atoms with Crippen LogP contribution in [-0.2, 0) is 27.4 Å². The number of ether oxygens (including phenoxy) is 4. The summed E-state index contributed by atoms with van der Waals surface area (Å²) in [5.74, 6) is -2.45. The van der Waals surface area contributed by atoms with Crippen molar-refractivity contribution in [3.63, 3.8) is 0 Å². The number of aromatic nitrogens is 1. The monoisotopic (exact) mass is 632 g/mol. The summed E-state index contributed by atoms with van der Waals surface area (Å²) in [5.41, 5.74) is 2.54. The number of rotatable bonds is 9. The van der Waals surface area contributed by atoms with Crippen LogP contribution in [0, 0.1) is 11.6 Å². The second-order valence-electron chi connectivity index (χ2n) is 12.1. The highest BCUT2D eigenvalue weighted by Gasteiger charge is 2.32. The van der Waals surface area contributed by atoms with E-state index in [-0.39, 0.29) is 24.5 Å². The average molecular weight is 633 g/mol. The summed E-state index contributed by atoms with van der Waals surface area (Å²) >= 11 is 0. The number of methoxy groups -OCH3 is 1. The smallest absolute Gasteiger partial charge is 0.410 e. The van der Waals surface area contributed by atoms with Crippen molar-refractivity contribution in [1.82, 2.24) is 9.47 Å². The summed E-state index contributed by atoms with van der Waals surface area (Å²) in [7, 11) is 1.32. The minimum Gasteiger partial charge on any atom is -0.465 e. The van der Waals surface area contributed by atoms with E-state index in [0.29, 0.717) is 42.1 Å². The SMILES string of the molecule is COC(=O)c1c(-c2ccc(Oc3c(F)cccc3F)cc2)cn(C2CCCN(C(=O)OC(C)(C)C)C2)c1COCc1ccccc1. The van der Waals surface area contributed by atoms with E-state index in [1.807, 2.05) is 61.9 Å². The number of carbonyl (C=O) groups excluding carboxylic acids is 2. The summed E-state index contributed by atoms with van der Waals surface area (Å²) < 4.78 is 52.9. The highest BCUT2D eigenvalue weighted by atomic mass is 19.1. The van der Waals surface area contributed by atoms with Crippen molar-refractivity contribution in [2.24, 2.45) is 0 Å². The van der Waals surface area contributed by atoms with E-state index in [1.165, 1.54) is 13.2 Å². The number of piperidine rings is 1. The maximum Gasteiger partial charge on any atom is 0.410 e. The van der Waals surface area contributed by atoms with Gasteiger partial charge in [-0.25, -0.2) is 18.4 Å². The maximum atomic E-state index is 14.2. The molecular weight excluding hydrogens is 594 g/mol. The van der Waals surface area contributed by atoms with Gasteiger partial charge in [-0.05, 0) is 69.0 Å². The molecule has 242 valence electrons. The van der Waals surface area contributed by atoms with E-state index >= 15 is 0 Å². The van der Waals surface area contributed by atoms with Gasteiger partial charge in [-0.1, -0.05) is 48.5 Å². The number of hydrogen-bond acceptors (Lipinski definition) is 6. The van der Waals surface area contributed by atoms with Crippen LogP contribution in [0.2, 0.25) is 0 Å². The number of carbonyl (C=O) groups is 2. The zero-order valence-electron chi connectivity index (χ0n) is 26.4. The van der Waals surface area contributed by atoms with Gasteiger partial charge in [-0.15, -0.1) is 0 Å². The van der Waals surface area contributed by atoms with Gasteiger partial charge in [0.15, 0.2) is 17.4 Å². The molecular formula is C36H38F2N2O6. The van der Waals surface area contributed by atoms with Crippen molar-refractivity contribution in [1.29, 1.82) is 0 Å². The van der Waals surface area contributed by atoms with Gasteiger partial charge in [-0.3, -0.25) is 0 Å². The molecule has 0 aliphatic carbocycles. The Morgan fingerprint density at radius 3 is 2.26 bits per heavy atom. The minimum atomic E-state index is -0.817. The summed E-state index contributed by atoms with van der Waals surface area (Å²) in [4.78, 5) is 28.1. The van der Waals surface area contributed by atoms with Crippen molar-refractivity contribution in [2.75, 3.05) is 20.2 Å². The standard InChI is InChI=1S/C36H38F2N2O6/c1-36(2,3)46-35(42)39-19-9-12-26(20-39)40-21-28(25-15-17-27(18-16-25)45-33-29(37)13-8-14-30(33)38)32(34(41)43-4)31(40)23-44-22-24-10-6-5-7-11-24/h5-8,10-11,13-18,21,26H,9,12,19-20,22-23H2,1-4H3. The molecule has 1 aliphatic rings. The quantitative estimate of drug-likeness (QED) is 0.173. The van der Waals surface area contributed by atoms with Gasteiger partial charge in [0.25, 0.3) is 0 Å². The lowest BCUT2D eigenvalue weighted by molar-refractivity contribution is 0.0167. The summed E-state index contributed by atoms with van der Waals surface area (Å²) in [6, 6.07) is 19.6. The Morgan fingerprint density at radius 1 is 0.913 bits per heavy atom. The zero-order chi connectivity index (χ0) is 32.8. The molecule has 1 atom stereocenters. The van der Waals surface area contributed by atoms with Crippen LogP contribution in [0.1, 0.15) is 61.3 Å². The fraction of sp³-hybridized carbons (Fsp3) is 0.333. The topological polar surface area (TPSA) is 79.2 Å².